The Morgan fingerprint density at radius 1 is 1.05 bits per heavy atom. The molecule has 0 spiro atoms. The second kappa shape index (κ2) is 4.91. The van der Waals surface area contributed by atoms with Crippen molar-refractivity contribution in [1.82, 2.24) is 0 Å². The van der Waals surface area contributed by atoms with Gasteiger partial charge >= 0.3 is 0 Å². The van der Waals surface area contributed by atoms with Crippen LogP contribution in [0.15, 0.2) is 35.7 Å². The highest BCUT2D eigenvalue weighted by Gasteiger charge is 2.12. The highest BCUT2D eigenvalue weighted by molar-refractivity contribution is 7.27. The molecule has 0 N–H and O–H groups in total. The van der Waals surface area contributed by atoms with Crippen LogP contribution < -0.4 is 0 Å². The summed E-state index contributed by atoms with van der Waals surface area (Å²) in [5.41, 5.74) is 3.55. The fourth-order valence-corrected chi connectivity index (χ4v) is 4.39. The van der Waals surface area contributed by atoms with Crippen molar-refractivity contribution in [3.05, 3.63) is 57.3 Å². The minimum absolute atomic E-state index is 0.221. The smallest absolute Gasteiger partial charge is 0.177 e. The van der Waals surface area contributed by atoms with Gasteiger partial charge in [-0.3, -0.25) is 4.79 Å². The number of ketones is 1. The molecule has 1 nitrogen and oxygen atoms in total. The number of carbonyl (C=O) groups is 1. The molecule has 96 valence electrons. The van der Waals surface area contributed by atoms with Crippen LogP contribution in [-0.2, 0) is 6.42 Å². The zero-order chi connectivity index (χ0) is 13.4. The highest BCUT2D eigenvalue weighted by atomic mass is 32.1. The topological polar surface area (TPSA) is 17.1 Å². The molecule has 0 amide bonds. The van der Waals surface area contributed by atoms with Gasteiger partial charge in [0.25, 0.3) is 0 Å². The van der Waals surface area contributed by atoms with E-state index >= 15 is 0 Å². The summed E-state index contributed by atoms with van der Waals surface area (Å²) in [5.74, 6) is 0.221. The molecule has 3 aromatic rings. The van der Waals surface area contributed by atoms with E-state index in [0.29, 0.717) is 6.42 Å². The summed E-state index contributed by atoms with van der Waals surface area (Å²) in [6.07, 6.45) is 0.496. The van der Waals surface area contributed by atoms with Gasteiger partial charge in [0.2, 0.25) is 0 Å². The molecule has 3 heteroatoms. The third-order valence-corrected chi connectivity index (χ3v) is 5.19. The summed E-state index contributed by atoms with van der Waals surface area (Å²) in [5, 5.41) is 2.07. The molecule has 0 unspecified atom stereocenters. The Morgan fingerprint density at radius 2 is 1.79 bits per heavy atom. The van der Waals surface area contributed by atoms with Crippen LogP contribution in [0, 0.1) is 13.8 Å². The Hall–Kier alpha value is -1.45. The molecular formula is C16H14OS2. The van der Waals surface area contributed by atoms with Crippen molar-refractivity contribution in [2.45, 2.75) is 20.3 Å². The van der Waals surface area contributed by atoms with Gasteiger partial charge in [0.1, 0.15) is 0 Å². The third-order valence-electron chi connectivity index (χ3n) is 3.06. The zero-order valence-corrected chi connectivity index (χ0v) is 12.5. The van der Waals surface area contributed by atoms with Gasteiger partial charge in [0.15, 0.2) is 5.78 Å². The SMILES string of the molecule is Cc1cc(C)cc(CC(=O)c2cc3sccc3s2)c1. The van der Waals surface area contributed by atoms with Crippen LogP contribution in [0.5, 0.6) is 0 Å². The largest absolute Gasteiger partial charge is 0.293 e. The molecule has 0 saturated carbocycles. The first-order chi connectivity index (χ1) is 9.11. The van der Waals surface area contributed by atoms with Gasteiger partial charge in [-0.25, -0.2) is 0 Å². The Labute approximate surface area is 120 Å². The summed E-state index contributed by atoms with van der Waals surface area (Å²) in [6.45, 7) is 4.14. The molecule has 0 fully saturated rings. The van der Waals surface area contributed by atoms with Gasteiger partial charge in [-0.15, -0.1) is 22.7 Å². The van der Waals surface area contributed by atoms with Gasteiger partial charge < -0.3 is 0 Å². The molecule has 0 bridgehead atoms. The molecule has 0 saturated heterocycles. The van der Waals surface area contributed by atoms with E-state index in [1.54, 1.807) is 22.7 Å². The molecule has 0 atom stereocenters. The quantitative estimate of drug-likeness (QED) is 0.619. The molecule has 19 heavy (non-hydrogen) atoms. The molecule has 2 heterocycles. The third kappa shape index (κ3) is 2.62. The maximum atomic E-state index is 12.3. The number of thiophene rings is 2. The maximum absolute atomic E-state index is 12.3. The van der Waals surface area contributed by atoms with Crippen LogP contribution in [0.25, 0.3) is 9.40 Å². The maximum Gasteiger partial charge on any atom is 0.177 e. The summed E-state index contributed by atoms with van der Waals surface area (Å²) in [4.78, 5) is 13.2. The number of hydrogen-bond acceptors (Lipinski definition) is 3. The van der Waals surface area contributed by atoms with Crippen LogP contribution in [0.3, 0.4) is 0 Å². The summed E-state index contributed by atoms with van der Waals surface area (Å²) in [6, 6.07) is 10.4. The lowest BCUT2D eigenvalue weighted by atomic mass is 10.0. The van der Waals surface area contributed by atoms with Crippen molar-refractivity contribution in [2.24, 2.45) is 0 Å². The summed E-state index contributed by atoms with van der Waals surface area (Å²) in [7, 11) is 0. The fraction of sp³-hybridized carbons (Fsp3) is 0.188. The van der Waals surface area contributed by atoms with E-state index in [0.717, 1.165) is 10.4 Å². The summed E-state index contributed by atoms with van der Waals surface area (Å²) < 4.78 is 2.43. The van der Waals surface area contributed by atoms with Crippen molar-refractivity contribution >= 4 is 37.9 Å². The Bertz CT molecular complexity index is 700. The number of Topliss-reactive ketones (excluding diaryl/α,β-unsaturated/α-hetero) is 1. The van der Waals surface area contributed by atoms with Crippen molar-refractivity contribution in [3.8, 4) is 0 Å². The minimum Gasteiger partial charge on any atom is -0.293 e. The van der Waals surface area contributed by atoms with Gasteiger partial charge in [-0.05, 0) is 36.9 Å². The van der Waals surface area contributed by atoms with Crippen LogP contribution in [0.1, 0.15) is 26.4 Å². The van der Waals surface area contributed by atoms with Crippen LogP contribution in [-0.4, -0.2) is 5.78 Å². The van der Waals surface area contributed by atoms with Crippen LogP contribution in [0.2, 0.25) is 0 Å². The second-order valence-electron chi connectivity index (χ2n) is 4.86. The number of hydrogen-bond donors (Lipinski definition) is 0. The van der Waals surface area contributed by atoms with E-state index in [9.17, 15) is 4.79 Å². The zero-order valence-electron chi connectivity index (χ0n) is 10.9. The molecule has 1 aromatic carbocycles. The lowest BCUT2D eigenvalue weighted by Crippen LogP contribution is -2.01. The Morgan fingerprint density at radius 3 is 2.47 bits per heavy atom. The molecular weight excluding hydrogens is 272 g/mol. The number of benzene rings is 1. The van der Waals surface area contributed by atoms with Crippen molar-refractivity contribution in [3.63, 3.8) is 0 Å². The molecule has 0 aliphatic rings. The van der Waals surface area contributed by atoms with Crippen molar-refractivity contribution in [2.75, 3.05) is 0 Å². The monoisotopic (exact) mass is 286 g/mol. The van der Waals surface area contributed by atoms with E-state index in [1.807, 2.05) is 6.07 Å². The lowest BCUT2D eigenvalue weighted by molar-refractivity contribution is 0.0997. The van der Waals surface area contributed by atoms with E-state index in [2.05, 4.69) is 43.5 Å². The number of rotatable bonds is 3. The standard InChI is InChI=1S/C16H14OS2/c1-10-5-11(2)7-12(6-10)8-13(17)15-9-16-14(19-15)3-4-18-16/h3-7,9H,8H2,1-2H3. The lowest BCUT2D eigenvalue weighted by Gasteiger charge is -2.03. The van der Waals surface area contributed by atoms with E-state index in [1.165, 1.54) is 20.5 Å². The van der Waals surface area contributed by atoms with E-state index in [4.69, 9.17) is 0 Å². The van der Waals surface area contributed by atoms with Gasteiger partial charge in [-0.1, -0.05) is 29.3 Å². The Balaban J connectivity index is 1.86. The van der Waals surface area contributed by atoms with Gasteiger partial charge in [-0.2, -0.15) is 0 Å². The molecule has 0 radical (unpaired) electrons. The normalized spacial score (nSPS) is 11.1. The first-order valence-electron chi connectivity index (χ1n) is 6.19. The first kappa shape index (κ1) is 12.6. The Kier molecular flexibility index (Phi) is 3.25. The fourth-order valence-electron chi connectivity index (χ4n) is 2.35. The average Bonchev–Trinajstić information content (AvgIpc) is 2.86. The number of fused-ring (bicyclic) bond motifs is 1. The minimum atomic E-state index is 0.221. The predicted octanol–water partition coefficient (Wildman–Crippen LogP) is 5.01. The summed E-state index contributed by atoms with van der Waals surface area (Å²) >= 11 is 3.30. The molecule has 0 aliphatic heterocycles. The highest BCUT2D eigenvalue weighted by Crippen LogP contribution is 2.30. The van der Waals surface area contributed by atoms with Crippen molar-refractivity contribution < 1.29 is 4.79 Å². The molecule has 2 aromatic heterocycles. The van der Waals surface area contributed by atoms with Gasteiger partial charge in [0, 0.05) is 15.8 Å². The van der Waals surface area contributed by atoms with E-state index < -0.39 is 0 Å². The van der Waals surface area contributed by atoms with Gasteiger partial charge in [0.05, 0.1) is 4.88 Å². The number of aryl methyl sites for hydroxylation is 2. The van der Waals surface area contributed by atoms with E-state index in [-0.39, 0.29) is 5.78 Å². The average molecular weight is 286 g/mol. The first-order valence-corrected chi connectivity index (χ1v) is 7.89. The second-order valence-corrected chi connectivity index (χ2v) is 6.89. The predicted molar refractivity (Wildman–Crippen MR) is 83.7 cm³/mol. The van der Waals surface area contributed by atoms with Crippen LogP contribution in [0.4, 0.5) is 0 Å². The van der Waals surface area contributed by atoms with Crippen LogP contribution >= 0.6 is 22.7 Å². The molecule has 0 aliphatic carbocycles. The molecule has 3 rings (SSSR count). The number of carbonyl (C=O) groups excluding carboxylic acids is 1. The van der Waals surface area contributed by atoms with Crippen molar-refractivity contribution in [1.29, 1.82) is 0 Å².